The standard InChI is InChI=1S/C7H7NO2/c1-10-7(9)6-3-2-4-8-5-6/h2-5H,1H3/p+1. The second kappa shape index (κ2) is 2.96. The second-order valence-corrected chi connectivity index (χ2v) is 1.78. The smallest absolute Gasteiger partial charge is 0.343 e. The minimum Gasteiger partial charge on any atom is -0.465 e. The molecule has 0 aliphatic carbocycles. The van der Waals surface area contributed by atoms with Crippen molar-refractivity contribution in [1.29, 1.82) is 0 Å². The lowest BCUT2D eigenvalue weighted by Crippen LogP contribution is -2.07. The summed E-state index contributed by atoms with van der Waals surface area (Å²) in [4.78, 5) is 13.5. The van der Waals surface area contributed by atoms with Crippen molar-refractivity contribution >= 4 is 5.97 Å². The molecule has 1 aromatic rings. The molecule has 0 aromatic carbocycles. The van der Waals surface area contributed by atoms with Gasteiger partial charge in [-0.25, -0.2) is 9.78 Å². The van der Waals surface area contributed by atoms with Crippen LogP contribution in [0.5, 0.6) is 0 Å². The average Bonchev–Trinajstić information content (AvgIpc) is 2.05. The molecule has 3 nitrogen and oxygen atoms in total. The number of nitrogens with one attached hydrogen (secondary N) is 1. The van der Waals surface area contributed by atoms with Gasteiger partial charge in [0.05, 0.1) is 7.11 Å². The first kappa shape index (κ1) is 6.74. The van der Waals surface area contributed by atoms with Gasteiger partial charge in [-0.15, -0.1) is 0 Å². The van der Waals surface area contributed by atoms with E-state index in [2.05, 4.69) is 9.72 Å². The van der Waals surface area contributed by atoms with Gasteiger partial charge in [0.15, 0.2) is 12.4 Å². The molecule has 0 saturated heterocycles. The summed E-state index contributed by atoms with van der Waals surface area (Å²) in [5, 5.41) is 0. The highest BCUT2D eigenvalue weighted by Crippen LogP contribution is 1.94. The lowest BCUT2D eigenvalue weighted by molar-refractivity contribution is -0.378. The van der Waals surface area contributed by atoms with Crippen LogP contribution < -0.4 is 4.98 Å². The molecule has 1 rings (SSSR count). The molecule has 3 heteroatoms. The highest BCUT2D eigenvalue weighted by molar-refractivity contribution is 5.88. The molecule has 0 atom stereocenters. The number of ether oxygens (including phenoxy) is 1. The molecule has 0 saturated carbocycles. The van der Waals surface area contributed by atoms with Crippen molar-refractivity contribution in [2.45, 2.75) is 0 Å². The molecule has 0 spiro atoms. The molecule has 0 amide bonds. The lowest BCUT2D eigenvalue weighted by Gasteiger charge is -1.92. The predicted molar refractivity (Wildman–Crippen MR) is 34.3 cm³/mol. The van der Waals surface area contributed by atoms with Gasteiger partial charge in [-0.3, -0.25) is 0 Å². The Hall–Kier alpha value is -1.38. The summed E-state index contributed by atoms with van der Waals surface area (Å²) >= 11 is 0. The number of esters is 1. The fraction of sp³-hybridized carbons (Fsp3) is 0.143. The molecule has 0 bridgehead atoms. The number of pyridine rings is 1. The number of hydrogen-bond donors (Lipinski definition) is 0. The topological polar surface area (TPSA) is 40.4 Å². The van der Waals surface area contributed by atoms with Gasteiger partial charge in [0.1, 0.15) is 5.56 Å². The van der Waals surface area contributed by atoms with Gasteiger partial charge in [-0.2, -0.15) is 0 Å². The summed E-state index contributed by atoms with van der Waals surface area (Å²) in [6.45, 7) is 0. The minimum atomic E-state index is -0.322. The van der Waals surface area contributed by atoms with E-state index in [1.54, 1.807) is 24.5 Å². The van der Waals surface area contributed by atoms with Crippen LogP contribution in [-0.2, 0) is 4.74 Å². The summed E-state index contributed by atoms with van der Waals surface area (Å²) in [6, 6.07) is 3.43. The molecular formula is C7H8NO2+. The Bertz CT molecular complexity index is 220. The van der Waals surface area contributed by atoms with E-state index in [4.69, 9.17) is 0 Å². The number of aromatic nitrogens is 1. The van der Waals surface area contributed by atoms with Crippen molar-refractivity contribution in [3.63, 3.8) is 0 Å². The molecular weight excluding hydrogens is 130 g/mol. The van der Waals surface area contributed by atoms with Crippen LogP contribution in [0.2, 0.25) is 0 Å². The molecule has 0 radical (unpaired) electrons. The third-order valence-corrected chi connectivity index (χ3v) is 1.13. The van der Waals surface area contributed by atoms with Crippen LogP contribution in [0.1, 0.15) is 10.4 Å². The van der Waals surface area contributed by atoms with Crippen LogP contribution in [0.4, 0.5) is 0 Å². The highest BCUT2D eigenvalue weighted by Gasteiger charge is 2.04. The number of hydrogen-bond acceptors (Lipinski definition) is 2. The van der Waals surface area contributed by atoms with Crippen LogP contribution in [0.25, 0.3) is 0 Å². The molecule has 1 aromatic heterocycles. The number of rotatable bonds is 1. The van der Waals surface area contributed by atoms with Crippen LogP contribution in [0.15, 0.2) is 24.5 Å². The molecule has 52 valence electrons. The maximum atomic E-state index is 10.8. The van der Waals surface area contributed by atoms with Gasteiger partial charge in [-0.05, 0) is 6.07 Å². The predicted octanol–water partition coefficient (Wildman–Crippen LogP) is 0.287. The van der Waals surface area contributed by atoms with E-state index in [0.29, 0.717) is 5.56 Å². The van der Waals surface area contributed by atoms with E-state index in [-0.39, 0.29) is 5.97 Å². The third kappa shape index (κ3) is 1.31. The summed E-state index contributed by atoms with van der Waals surface area (Å²) in [6.07, 6.45) is 3.32. The quantitative estimate of drug-likeness (QED) is 0.523. The van der Waals surface area contributed by atoms with Gasteiger partial charge in [0.2, 0.25) is 0 Å². The number of aromatic amines is 1. The Morgan fingerprint density at radius 3 is 3.00 bits per heavy atom. The molecule has 1 N–H and O–H groups in total. The second-order valence-electron chi connectivity index (χ2n) is 1.78. The number of carbonyl (C=O) groups excluding carboxylic acids is 1. The third-order valence-electron chi connectivity index (χ3n) is 1.13. The zero-order chi connectivity index (χ0) is 7.40. The average molecular weight is 138 g/mol. The fourth-order valence-electron chi connectivity index (χ4n) is 0.638. The maximum Gasteiger partial charge on any atom is 0.343 e. The van der Waals surface area contributed by atoms with Crippen molar-refractivity contribution in [1.82, 2.24) is 0 Å². The number of carbonyl (C=O) groups is 1. The van der Waals surface area contributed by atoms with Crippen molar-refractivity contribution < 1.29 is 14.5 Å². The lowest BCUT2D eigenvalue weighted by atomic mass is 10.3. The van der Waals surface area contributed by atoms with Crippen molar-refractivity contribution in [2.75, 3.05) is 7.11 Å². The van der Waals surface area contributed by atoms with Gasteiger partial charge >= 0.3 is 5.97 Å². The summed E-state index contributed by atoms with van der Waals surface area (Å²) in [5.74, 6) is -0.322. The minimum absolute atomic E-state index is 0.322. The number of H-pyrrole nitrogens is 1. The first-order valence-corrected chi connectivity index (χ1v) is 2.89. The Labute approximate surface area is 58.7 Å². The van der Waals surface area contributed by atoms with E-state index in [0.717, 1.165) is 0 Å². The van der Waals surface area contributed by atoms with E-state index < -0.39 is 0 Å². The van der Waals surface area contributed by atoms with Crippen LogP contribution in [0, 0.1) is 0 Å². The van der Waals surface area contributed by atoms with Gasteiger partial charge in [0, 0.05) is 6.07 Å². The monoisotopic (exact) mass is 138 g/mol. The van der Waals surface area contributed by atoms with E-state index in [1.807, 2.05) is 0 Å². The summed E-state index contributed by atoms with van der Waals surface area (Å²) in [7, 11) is 1.36. The Kier molecular flexibility index (Phi) is 1.99. The largest absolute Gasteiger partial charge is 0.465 e. The fourth-order valence-corrected chi connectivity index (χ4v) is 0.638. The number of methoxy groups -OCH3 is 1. The Morgan fingerprint density at radius 2 is 2.50 bits per heavy atom. The normalized spacial score (nSPS) is 8.90. The van der Waals surface area contributed by atoms with Gasteiger partial charge in [0.25, 0.3) is 0 Å². The molecule has 0 aliphatic heterocycles. The van der Waals surface area contributed by atoms with Crippen molar-refractivity contribution in [3.8, 4) is 0 Å². The van der Waals surface area contributed by atoms with E-state index in [9.17, 15) is 4.79 Å². The van der Waals surface area contributed by atoms with Crippen LogP contribution >= 0.6 is 0 Å². The summed E-state index contributed by atoms with van der Waals surface area (Å²) < 4.78 is 4.48. The van der Waals surface area contributed by atoms with Crippen molar-refractivity contribution in [2.24, 2.45) is 0 Å². The highest BCUT2D eigenvalue weighted by atomic mass is 16.5. The molecule has 10 heavy (non-hydrogen) atoms. The molecule has 0 fully saturated rings. The molecule has 1 heterocycles. The zero-order valence-electron chi connectivity index (χ0n) is 5.63. The first-order chi connectivity index (χ1) is 4.84. The maximum absolute atomic E-state index is 10.8. The Morgan fingerprint density at radius 1 is 1.70 bits per heavy atom. The first-order valence-electron chi connectivity index (χ1n) is 2.89. The van der Waals surface area contributed by atoms with Gasteiger partial charge in [-0.1, -0.05) is 0 Å². The SMILES string of the molecule is COC(=O)c1ccc[nH+]c1. The summed E-state index contributed by atoms with van der Waals surface area (Å²) in [5.41, 5.74) is 0.532. The molecule has 0 unspecified atom stereocenters. The van der Waals surface area contributed by atoms with Crippen LogP contribution in [0.3, 0.4) is 0 Å². The van der Waals surface area contributed by atoms with E-state index in [1.165, 1.54) is 7.11 Å². The van der Waals surface area contributed by atoms with E-state index >= 15 is 0 Å². The Balaban J connectivity index is 2.85. The van der Waals surface area contributed by atoms with Crippen molar-refractivity contribution in [3.05, 3.63) is 30.1 Å². The van der Waals surface area contributed by atoms with Crippen LogP contribution in [-0.4, -0.2) is 13.1 Å². The molecule has 0 aliphatic rings. The zero-order valence-corrected chi connectivity index (χ0v) is 5.63. The van der Waals surface area contributed by atoms with Gasteiger partial charge < -0.3 is 4.74 Å².